The van der Waals surface area contributed by atoms with Crippen LogP contribution in [0.4, 0.5) is 4.79 Å². The summed E-state index contributed by atoms with van der Waals surface area (Å²) < 4.78 is 31.6. The van der Waals surface area contributed by atoms with E-state index < -0.39 is 9.84 Å². The lowest BCUT2D eigenvalue weighted by molar-refractivity contribution is 0.0996. The zero-order valence-electron chi connectivity index (χ0n) is 20.6. The monoisotopic (exact) mass is 482 g/mol. The van der Waals surface area contributed by atoms with Gasteiger partial charge in [-0.3, -0.25) is 0 Å². The van der Waals surface area contributed by atoms with Crippen molar-refractivity contribution in [2.45, 2.75) is 44.9 Å². The van der Waals surface area contributed by atoms with Crippen LogP contribution in [0.5, 0.6) is 0 Å². The first-order valence-corrected chi connectivity index (χ1v) is 13.6. The first-order valence-electron chi connectivity index (χ1n) is 11.7. The molecule has 0 aliphatic rings. The molecule has 0 fully saturated rings. The molecule has 0 aliphatic carbocycles. The fraction of sp³-hybridized carbons (Fsp3) is 0.370. The molecule has 1 aromatic heterocycles. The number of rotatable bonds is 9. The second kappa shape index (κ2) is 10.9. The van der Waals surface area contributed by atoms with E-state index in [-0.39, 0.29) is 18.6 Å². The number of hydrogen-bond acceptors (Lipinski definition) is 4. The molecule has 0 saturated heterocycles. The lowest BCUT2D eigenvalue weighted by atomic mass is 10.0. The second-order valence-electron chi connectivity index (χ2n) is 8.60. The SMILES string of the molecule is CCCN(CC)C(=O)OCC(C)c1cc(-c2ccc(S(C)(=O)=O)cc2)n(-c2ccccc2)c1C. The molecular formula is C27H34N2O4S. The topological polar surface area (TPSA) is 68.6 Å². The summed E-state index contributed by atoms with van der Waals surface area (Å²) in [5.74, 6) is -0.0108. The van der Waals surface area contributed by atoms with Crippen LogP contribution in [0.3, 0.4) is 0 Å². The predicted molar refractivity (Wildman–Crippen MR) is 136 cm³/mol. The van der Waals surface area contributed by atoms with E-state index in [4.69, 9.17) is 4.74 Å². The average Bonchev–Trinajstić information content (AvgIpc) is 3.18. The summed E-state index contributed by atoms with van der Waals surface area (Å²) in [6.07, 6.45) is 1.81. The van der Waals surface area contributed by atoms with Gasteiger partial charge in [0.2, 0.25) is 0 Å². The number of amides is 1. The van der Waals surface area contributed by atoms with Crippen LogP contribution in [-0.4, -0.2) is 49.9 Å². The molecule has 0 N–H and O–H groups in total. The summed E-state index contributed by atoms with van der Waals surface area (Å²) in [5.41, 5.74) is 5.01. The molecule has 0 saturated carbocycles. The van der Waals surface area contributed by atoms with Gasteiger partial charge in [0.05, 0.1) is 17.2 Å². The molecule has 1 atom stereocenters. The van der Waals surface area contributed by atoms with Crippen LogP contribution in [0.2, 0.25) is 0 Å². The summed E-state index contributed by atoms with van der Waals surface area (Å²) in [7, 11) is -3.27. The van der Waals surface area contributed by atoms with Crippen molar-refractivity contribution in [2.75, 3.05) is 26.0 Å². The Hall–Kier alpha value is -3.06. The highest BCUT2D eigenvalue weighted by Gasteiger charge is 2.21. The average molecular weight is 483 g/mol. The Bertz CT molecular complexity index is 1220. The van der Waals surface area contributed by atoms with Gasteiger partial charge in [-0.25, -0.2) is 13.2 Å². The van der Waals surface area contributed by atoms with Crippen LogP contribution in [0.15, 0.2) is 65.6 Å². The van der Waals surface area contributed by atoms with Crippen LogP contribution in [0.1, 0.15) is 44.4 Å². The maximum Gasteiger partial charge on any atom is 0.409 e. The van der Waals surface area contributed by atoms with Gasteiger partial charge >= 0.3 is 6.09 Å². The molecular weight excluding hydrogens is 448 g/mol. The molecule has 1 unspecified atom stereocenters. The third-order valence-corrected chi connectivity index (χ3v) is 7.13. The number of hydrogen-bond donors (Lipinski definition) is 0. The number of sulfone groups is 1. The third kappa shape index (κ3) is 5.70. The maximum absolute atomic E-state index is 12.5. The van der Waals surface area contributed by atoms with Gasteiger partial charge in [0.1, 0.15) is 0 Å². The van der Waals surface area contributed by atoms with Gasteiger partial charge in [-0.05, 0) is 61.7 Å². The molecule has 0 spiro atoms. The van der Waals surface area contributed by atoms with Gasteiger partial charge in [-0.15, -0.1) is 0 Å². The van der Waals surface area contributed by atoms with Crippen molar-refractivity contribution in [3.05, 3.63) is 71.9 Å². The Morgan fingerprint density at radius 3 is 2.26 bits per heavy atom. The van der Waals surface area contributed by atoms with E-state index >= 15 is 0 Å². The number of aromatic nitrogens is 1. The standard InChI is InChI=1S/C27H34N2O4S/c1-6-17-28(7-2)27(30)33-19-20(3)25-18-26(22-13-15-24(16-14-22)34(5,31)32)29(21(25)4)23-11-9-8-10-12-23/h8-16,18,20H,6-7,17,19H2,1-5H3. The van der Waals surface area contributed by atoms with E-state index in [0.29, 0.717) is 18.0 Å². The largest absolute Gasteiger partial charge is 0.449 e. The van der Waals surface area contributed by atoms with Crippen LogP contribution in [0, 0.1) is 6.92 Å². The van der Waals surface area contributed by atoms with E-state index in [9.17, 15) is 13.2 Å². The summed E-state index contributed by atoms with van der Waals surface area (Å²) in [4.78, 5) is 14.5. The smallest absolute Gasteiger partial charge is 0.409 e. The van der Waals surface area contributed by atoms with Crippen molar-refractivity contribution >= 4 is 15.9 Å². The Labute approximate surface area is 203 Å². The number of carbonyl (C=O) groups excluding carboxylic acids is 1. The predicted octanol–water partition coefficient (Wildman–Crippen LogP) is 5.83. The fourth-order valence-corrected chi connectivity index (χ4v) is 4.78. The van der Waals surface area contributed by atoms with Crippen molar-refractivity contribution in [1.29, 1.82) is 0 Å². The molecule has 3 rings (SSSR count). The molecule has 1 heterocycles. The Kier molecular flexibility index (Phi) is 8.20. The van der Waals surface area contributed by atoms with E-state index in [1.165, 1.54) is 6.26 Å². The minimum atomic E-state index is -3.27. The van der Waals surface area contributed by atoms with Gasteiger partial charge in [0.25, 0.3) is 0 Å². The highest BCUT2D eigenvalue weighted by atomic mass is 32.2. The molecule has 7 heteroatoms. The summed E-state index contributed by atoms with van der Waals surface area (Å²) >= 11 is 0. The summed E-state index contributed by atoms with van der Waals surface area (Å²) in [5, 5.41) is 0. The van der Waals surface area contributed by atoms with E-state index in [1.807, 2.05) is 56.3 Å². The van der Waals surface area contributed by atoms with Gasteiger partial charge in [0.15, 0.2) is 9.84 Å². The number of para-hydroxylation sites is 1. The zero-order chi connectivity index (χ0) is 24.9. The highest BCUT2D eigenvalue weighted by molar-refractivity contribution is 7.90. The van der Waals surface area contributed by atoms with Crippen molar-refractivity contribution in [1.82, 2.24) is 9.47 Å². The normalized spacial score (nSPS) is 12.4. The molecule has 182 valence electrons. The second-order valence-corrected chi connectivity index (χ2v) is 10.6. The minimum absolute atomic E-state index is 0.0108. The lowest BCUT2D eigenvalue weighted by Gasteiger charge is -2.21. The number of benzene rings is 2. The van der Waals surface area contributed by atoms with Crippen LogP contribution >= 0.6 is 0 Å². The first kappa shape index (κ1) is 25.6. The number of nitrogens with zero attached hydrogens (tertiary/aromatic N) is 2. The van der Waals surface area contributed by atoms with Crippen LogP contribution < -0.4 is 0 Å². The highest BCUT2D eigenvalue weighted by Crippen LogP contribution is 2.33. The zero-order valence-corrected chi connectivity index (χ0v) is 21.4. The Morgan fingerprint density at radius 1 is 1.06 bits per heavy atom. The third-order valence-electron chi connectivity index (χ3n) is 6.00. The Balaban J connectivity index is 1.97. The van der Waals surface area contributed by atoms with Crippen molar-refractivity contribution in [3.8, 4) is 16.9 Å². The minimum Gasteiger partial charge on any atom is -0.449 e. The molecule has 1 amide bonds. The van der Waals surface area contributed by atoms with Crippen molar-refractivity contribution < 1.29 is 17.9 Å². The maximum atomic E-state index is 12.5. The number of ether oxygens (including phenoxy) is 1. The van der Waals surface area contributed by atoms with Gasteiger partial charge in [-0.1, -0.05) is 44.2 Å². The van der Waals surface area contributed by atoms with E-state index in [0.717, 1.165) is 34.6 Å². The van der Waals surface area contributed by atoms with E-state index in [2.05, 4.69) is 24.5 Å². The van der Waals surface area contributed by atoms with Crippen LogP contribution in [-0.2, 0) is 14.6 Å². The quantitative estimate of drug-likeness (QED) is 0.385. The summed E-state index contributed by atoms with van der Waals surface area (Å²) in [6.45, 7) is 9.69. The Morgan fingerprint density at radius 2 is 1.71 bits per heavy atom. The lowest BCUT2D eigenvalue weighted by Crippen LogP contribution is -2.32. The van der Waals surface area contributed by atoms with Gasteiger partial charge < -0.3 is 14.2 Å². The fourth-order valence-electron chi connectivity index (χ4n) is 4.15. The van der Waals surface area contributed by atoms with Crippen molar-refractivity contribution in [3.63, 3.8) is 0 Å². The first-order chi connectivity index (χ1) is 16.2. The molecule has 3 aromatic rings. The molecule has 6 nitrogen and oxygen atoms in total. The van der Waals surface area contributed by atoms with Gasteiger partial charge in [-0.2, -0.15) is 0 Å². The van der Waals surface area contributed by atoms with E-state index in [1.54, 1.807) is 17.0 Å². The molecule has 2 aromatic carbocycles. The molecule has 0 bridgehead atoms. The number of carbonyl (C=O) groups is 1. The van der Waals surface area contributed by atoms with Gasteiger partial charge in [0, 0.05) is 36.6 Å². The molecule has 0 aliphatic heterocycles. The van der Waals surface area contributed by atoms with Crippen LogP contribution in [0.25, 0.3) is 16.9 Å². The summed E-state index contributed by atoms with van der Waals surface area (Å²) in [6, 6.07) is 19.1. The molecule has 0 radical (unpaired) electrons. The molecule has 34 heavy (non-hydrogen) atoms. The van der Waals surface area contributed by atoms with Crippen molar-refractivity contribution in [2.24, 2.45) is 0 Å².